The van der Waals surface area contributed by atoms with Crippen LogP contribution in [0, 0.1) is 10.1 Å². The van der Waals surface area contributed by atoms with Gasteiger partial charge in [0.1, 0.15) is 5.75 Å². The van der Waals surface area contributed by atoms with E-state index in [1.165, 1.54) is 30.3 Å². The molecule has 24 heavy (non-hydrogen) atoms. The number of nitrogens with two attached hydrogens (primary N) is 1. The summed E-state index contributed by atoms with van der Waals surface area (Å²) in [5, 5.41) is 20.7. The molecule has 10 heteroatoms. The van der Waals surface area contributed by atoms with Crippen molar-refractivity contribution in [2.45, 2.75) is 4.90 Å². The Labute approximate surface area is 137 Å². The zero-order chi connectivity index (χ0) is 18.1. The molecule has 0 heterocycles. The second kappa shape index (κ2) is 6.16. The average molecular weight is 351 g/mol. The molecule has 0 atom stereocenters. The topological polar surface area (TPSA) is 144 Å². The number of amides is 2. The summed E-state index contributed by atoms with van der Waals surface area (Å²) >= 11 is 0. The van der Waals surface area contributed by atoms with Crippen molar-refractivity contribution in [1.29, 1.82) is 0 Å². The number of aromatic hydroxyl groups is 1. The zero-order valence-corrected chi connectivity index (χ0v) is 13.2. The van der Waals surface area contributed by atoms with E-state index < -0.39 is 26.5 Å². The second-order valence-electron chi connectivity index (χ2n) is 4.87. The third-order valence-corrected chi connectivity index (χ3v) is 4.28. The van der Waals surface area contributed by atoms with Crippen molar-refractivity contribution in [1.82, 2.24) is 0 Å². The molecule has 0 fully saturated rings. The van der Waals surface area contributed by atoms with Crippen LogP contribution in [0.5, 0.6) is 5.75 Å². The maximum absolute atomic E-state index is 11.7. The first-order chi connectivity index (χ1) is 11.1. The Bertz CT molecular complexity index is 909. The summed E-state index contributed by atoms with van der Waals surface area (Å²) in [5.74, 6) is -0.518. The van der Waals surface area contributed by atoms with Gasteiger partial charge in [-0.2, -0.15) is 0 Å². The van der Waals surface area contributed by atoms with Gasteiger partial charge in [-0.25, -0.2) is 13.2 Å². The number of phenolic OH excluding ortho intramolecular Hbond substituents is 1. The monoisotopic (exact) mass is 351 g/mol. The molecule has 0 bridgehead atoms. The number of sulfone groups is 1. The highest BCUT2D eigenvalue weighted by Gasteiger charge is 2.21. The number of non-ortho nitro benzene ring substituents is 1. The van der Waals surface area contributed by atoms with Crippen molar-refractivity contribution >= 4 is 32.9 Å². The molecule has 2 rings (SSSR count). The Kier molecular flexibility index (Phi) is 4.42. The molecular formula is C14H13N3O6S. The van der Waals surface area contributed by atoms with Gasteiger partial charge in [-0.05, 0) is 30.3 Å². The van der Waals surface area contributed by atoms with E-state index in [1.54, 1.807) is 0 Å². The van der Waals surface area contributed by atoms with E-state index in [0.29, 0.717) is 0 Å². The fraction of sp³-hybridized carbons (Fsp3) is 0.0714. The molecule has 2 amide bonds. The molecule has 0 aromatic heterocycles. The van der Waals surface area contributed by atoms with Crippen LogP contribution >= 0.6 is 0 Å². The zero-order valence-electron chi connectivity index (χ0n) is 12.4. The molecular weight excluding hydrogens is 338 g/mol. The molecule has 9 nitrogen and oxygen atoms in total. The molecule has 0 spiro atoms. The van der Waals surface area contributed by atoms with E-state index >= 15 is 0 Å². The number of carbonyl (C=O) groups is 1. The minimum atomic E-state index is -3.41. The van der Waals surface area contributed by atoms with E-state index in [2.05, 4.69) is 0 Å². The van der Waals surface area contributed by atoms with E-state index in [1.807, 2.05) is 0 Å². The summed E-state index contributed by atoms with van der Waals surface area (Å²) < 4.78 is 22.9. The highest BCUT2D eigenvalue weighted by atomic mass is 32.2. The van der Waals surface area contributed by atoms with Crippen molar-refractivity contribution < 1.29 is 23.2 Å². The summed E-state index contributed by atoms with van der Waals surface area (Å²) in [7, 11) is -3.41. The van der Waals surface area contributed by atoms with E-state index in [4.69, 9.17) is 5.73 Å². The van der Waals surface area contributed by atoms with Crippen LogP contribution in [-0.2, 0) is 9.84 Å². The highest BCUT2D eigenvalue weighted by molar-refractivity contribution is 7.90. The van der Waals surface area contributed by atoms with Crippen LogP contribution in [0.15, 0.2) is 47.4 Å². The third kappa shape index (κ3) is 3.43. The van der Waals surface area contributed by atoms with Crippen LogP contribution in [-0.4, -0.2) is 30.7 Å². The van der Waals surface area contributed by atoms with Gasteiger partial charge in [0, 0.05) is 12.3 Å². The lowest BCUT2D eigenvalue weighted by Gasteiger charge is -2.21. The molecule has 126 valence electrons. The van der Waals surface area contributed by atoms with Gasteiger partial charge in [-0.15, -0.1) is 0 Å². The standard InChI is InChI=1S/C14H13N3O6S/c1-24(22,23)11-5-2-9(3-6-11)16(14(15)19)12-7-4-10(17(20)21)8-13(12)18/h2-8,18H,1H3,(H2,15,19). The number of nitrogens with zero attached hydrogens (tertiary/aromatic N) is 2. The average Bonchev–Trinajstić information content (AvgIpc) is 2.48. The van der Waals surface area contributed by atoms with E-state index in [-0.39, 0.29) is 22.0 Å². The Morgan fingerprint density at radius 1 is 1.21 bits per heavy atom. The summed E-state index contributed by atoms with van der Waals surface area (Å²) in [6.45, 7) is 0. The van der Waals surface area contributed by atoms with Gasteiger partial charge in [-0.3, -0.25) is 15.0 Å². The first-order valence-corrected chi connectivity index (χ1v) is 8.37. The number of hydrogen-bond donors (Lipinski definition) is 2. The Balaban J connectivity index is 2.51. The molecule has 3 N–H and O–H groups in total. The molecule has 2 aromatic carbocycles. The Morgan fingerprint density at radius 3 is 2.21 bits per heavy atom. The number of primary amides is 1. The molecule has 0 radical (unpaired) electrons. The van der Waals surface area contributed by atoms with Gasteiger partial charge in [0.05, 0.1) is 27.3 Å². The van der Waals surface area contributed by atoms with Crippen molar-refractivity contribution in [3.05, 3.63) is 52.6 Å². The number of rotatable bonds is 4. The SMILES string of the molecule is CS(=O)(=O)c1ccc(N(C(N)=O)c2ccc([N+](=O)[O-])cc2O)cc1. The number of urea groups is 1. The van der Waals surface area contributed by atoms with Gasteiger partial charge in [0.2, 0.25) is 0 Å². The van der Waals surface area contributed by atoms with Crippen molar-refractivity contribution in [3.8, 4) is 5.75 Å². The number of nitro benzene ring substituents is 1. The molecule has 0 aliphatic heterocycles. The maximum Gasteiger partial charge on any atom is 0.324 e. The molecule has 0 saturated heterocycles. The van der Waals surface area contributed by atoms with Gasteiger partial charge < -0.3 is 10.8 Å². The first-order valence-electron chi connectivity index (χ1n) is 6.48. The number of carbonyl (C=O) groups excluding carboxylic acids is 1. The minimum absolute atomic E-state index is 0.0450. The number of hydrogen-bond acceptors (Lipinski definition) is 6. The summed E-state index contributed by atoms with van der Waals surface area (Å²) in [6.07, 6.45) is 1.04. The summed E-state index contributed by atoms with van der Waals surface area (Å²) in [4.78, 5) is 22.7. The Morgan fingerprint density at radius 2 is 1.79 bits per heavy atom. The smallest absolute Gasteiger partial charge is 0.324 e. The molecule has 2 aromatic rings. The molecule has 0 unspecified atom stereocenters. The molecule has 0 aliphatic carbocycles. The van der Waals surface area contributed by atoms with E-state index in [9.17, 15) is 28.4 Å². The Hall–Kier alpha value is -3.14. The van der Waals surface area contributed by atoms with Gasteiger partial charge in [0.25, 0.3) is 5.69 Å². The summed E-state index contributed by atoms with van der Waals surface area (Å²) in [5.41, 5.74) is 5.09. The van der Waals surface area contributed by atoms with Crippen LogP contribution in [0.2, 0.25) is 0 Å². The van der Waals surface area contributed by atoms with Gasteiger partial charge in [0.15, 0.2) is 9.84 Å². The van der Waals surface area contributed by atoms with Crippen molar-refractivity contribution in [3.63, 3.8) is 0 Å². The predicted molar refractivity (Wildman–Crippen MR) is 86.0 cm³/mol. The molecule has 0 aliphatic rings. The highest BCUT2D eigenvalue weighted by Crippen LogP contribution is 2.35. The van der Waals surface area contributed by atoms with E-state index in [0.717, 1.165) is 23.3 Å². The minimum Gasteiger partial charge on any atom is -0.505 e. The number of benzene rings is 2. The van der Waals surface area contributed by atoms with Crippen LogP contribution in [0.1, 0.15) is 0 Å². The number of phenols is 1. The lowest BCUT2D eigenvalue weighted by Crippen LogP contribution is -2.31. The lowest BCUT2D eigenvalue weighted by molar-refractivity contribution is -0.384. The third-order valence-electron chi connectivity index (χ3n) is 3.15. The van der Waals surface area contributed by atoms with Crippen molar-refractivity contribution in [2.75, 3.05) is 11.2 Å². The largest absolute Gasteiger partial charge is 0.505 e. The van der Waals surface area contributed by atoms with Gasteiger partial charge >= 0.3 is 6.03 Å². The van der Waals surface area contributed by atoms with Crippen molar-refractivity contribution in [2.24, 2.45) is 5.73 Å². The normalized spacial score (nSPS) is 11.0. The molecule has 0 saturated carbocycles. The predicted octanol–water partition coefficient (Wildman–Crippen LogP) is 1.92. The van der Waals surface area contributed by atoms with Crippen LogP contribution in [0.3, 0.4) is 0 Å². The number of nitro groups is 1. The maximum atomic E-state index is 11.7. The van der Waals surface area contributed by atoms with Crippen LogP contribution in [0.25, 0.3) is 0 Å². The lowest BCUT2D eigenvalue weighted by atomic mass is 10.2. The van der Waals surface area contributed by atoms with Crippen LogP contribution in [0.4, 0.5) is 21.9 Å². The quantitative estimate of drug-likeness (QED) is 0.636. The fourth-order valence-corrected chi connectivity index (χ4v) is 2.67. The van der Waals surface area contributed by atoms with Gasteiger partial charge in [-0.1, -0.05) is 0 Å². The fourth-order valence-electron chi connectivity index (χ4n) is 2.04. The summed E-state index contributed by atoms with van der Waals surface area (Å²) in [6, 6.07) is 7.44. The first kappa shape index (κ1) is 17.2. The van der Waals surface area contributed by atoms with Crippen LogP contribution < -0.4 is 10.6 Å². The second-order valence-corrected chi connectivity index (χ2v) is 6.89. The number of anilines is 2.